The smallest absolute Gasteiger partial charge is 0.329 e. The molecule has 108 valence electrons. The number of hydrazine groups is 1. The predicted molar refractivity (Wildman–Crippen MR) is 78.2 cm³/mol. The quantitative estimate of drug-likeness (QED) is 0.446. The first kappa shape index (κ1) is 13.3. The molecule has 0 saturated heterocycles. The second-order valence-electron chi connectivity index (χ2n) is 4.79. The highest BCUT2D eigenvalue weighted by Crippen LogP contribution is 2.29. The first-order chi connectivity index (χ1) is 10.2. The molecule has 0 amide bonds. The fourth-order valence-electron chi connectivity index (χ4n) is 2.46. The molecule has 0 unspecified atom stereocenters. The van der Waals surface area contributed by atoms with Crippen molar-refractivity contribution in [1.82, 2.24) is 9.97 Å². The molecule has 8 heteroatoms. The van der Waals surface area contributed by atoms with Crippen molar-refractivity contribution in [3.8, 4) is 0 Å². The van der Waals surface area contributed by atoms with Gasteiger partial charge in [0.05, 0.1) is 4.92 Å². The summed E-state index contributed by atoms with van der Waals surface area (Å²) in [5, 5.41) is 14.0. The van der Waals surface area contributed by atoms with Crippen molar-refractivity contribution in [2.24, 2.45) is 5.84 Å². The number of hydrogen-bond acceptors (Lipinski definition) is 7. The number of nitrogens with zero attached hydrogens (tertiary/aromatic N) is 3. The highest BCUT2D eigenvalue weighted by molar-refractivity contribution is 5.67. The molecule has 0 bridgehead atoms. The van der Waals surface area contributed by atoms with Gasteiger partial charge in [-0.2, -0.15) is 4.98 Å². The minimum absolute atomic E-state index is 0.112. The van der Waals surface area contributed by atoms with Gasteiger partial charge in [-0.15, -0.1) is 0 Å². The molecule has 1 aliphatic carbocycles. The van der Waals surface area contributed by atoms with Crippen LogP contribution in [0.3, 0.4) is 0 Å². The van der Waals surface area contributed by atoms with E-state index in [9.17, 15) is 10.1 Å². The van der Waals surface area contributed by atoms with E-state index < -0.39 is 4.92 Å². The van der Waals surface area contributed by atoms with Crippen LogP contribution in [0.1, 0.15) is 17.5 Å². The first-order valence-electron chi connectivity index (χ1n) is 6.54. The molecule has 0 spiro atoms. The molecule has 1 heterocycles. The molecule has 8 nitrogen and oxygen atoms in total. The molecule has 2 aromatic rings. The van der Waals surface area contributed by atoms with Crippen LogP contribution in [0, 0.1) is 10.1 Å². The Bertz CT molecular complexity index is 703. The monoisotopic (exact) mass is 286 g/mol. The number of nitro groups is 1. The van der Waals surface area contributed by atoms with E-state index in [4.69, 9.17) is 5.84 Å². The maximum absolute atomic E-state index is 11.0. The Balaban J connectivity index is 1.95. The van der Waals surface area contributed by atoms with Gasteiger partial charge in [-0.25, -0.2) is 10.8 Å². The van der Waals surface area contributed by atoms with Crippen LogP contribution in [0.25, 0.3) is 0 Å². The van der Waals surface area contributed by atoms with E-state index in [1.54, 1.807) is 0 Å². The van der Waals surface area contributed by atoms with Crippen LogP contribution in [0.15, 0.2) is 24.4 Å². The number of nitrogens with one attached hydrogen (secondary N) is 2. The molecule has 1 aromatic carbocycles. The van der Waals surface area contributed by atoms with E-state index in [-0.39, 0.29) is 17.5 Å². The summed E-state index contributed by atoms with van der Waals surface area (Å²) in [7, 11) is 0. The van der Waals surface area contributed by atoms with Gasteiger partial charge in [0.2, 0.25) is 11.8 Å². The van der Waals surface area contributed by atoms with Gasteiger partial charge < -0.3 is 5.32 Å². The topological polar surface area (TPSA) is 119 Å². The molecule has 0 fully saturated rings. The van der Waals surface area contributed by atoms with Crippen molar-refractivity contribution in [2.45, 2.75) is 19.3 Å². The number of aryl methyl sites for hydroxylation is 2. The van der Waals surface area contributed by atoms with Crippen molar-refractivity contribution in [2.75, 3.05) is 10.7 Å². The standard InChI is InChI=1S/C13H14N6O2/c14-18-13-15-7-11(19(20)21)12(17-13)16-10-5-4-8-2-1-3-9(8)6-10/h4-7H,1-3,14H2,(H2,15,16,17,18). The van der Waals surface area contributed by atoms with Gasteiger partial charge >= 0.3 is 5.69 Å². The largest absolute Gasteiger partial charge is 0.334 e. The van der Waals surface area contributed by atoms with E-state index in [1.807, 2.05) is 18.2 Å². The Kier molecular flexibility index (Phi) is 3.36. The number of hydrogen-bond donors (Lipinski definition) is 3. The number of aromatic nitrogens is 2. The van der Waals surface area contributed by atoms with Crippen molar-refractivity contribution in [1.29, 1.82) is 0 Å². The third-order valence-electron chi connectivity index (χ3n) is 3.46. The van der Waals surface area contributed by atoms with E-state index in [0.717, 1.165) is 31.1 Å². The van der Waals surface area contributed by atoms with Gasteiger partial charge in [-0.1, -0.05) is 6.07 Å². The maximum atomic E-state index is 11.0. The second-order valence-corrected chi connectivity index (χ2v) is 4.79. The summed E-state index contributed by atoms with van der Waals surface area (Å²) >= 11 is 0. The minimum atomic E-state index is -0.532. The second kappa shape index (κ2) is 5.33. The van der Waals surface area contributed by atoms with Gasteiger partial charge in [0.1, 0.15) is 6.20 Å². The molecule has 1 aliphatic rings. The predicted octanol–water partition coefficient (Wildman–Crippen LogP) is 1.90. The summed E-state index contributed by atoms with van der Waals surface area (Å²) in [5.74, 6) is 5.47. The molecule has 21 heavy (non-hydrogen) atoms. The summed E-state index contributed by atoms with van der Waals surface area (Å²) in [6.45, 7) is 0. The summed E-state index contributed by atoms with van der Waals surface area (Å²) in [4.78, 5) is 18.3. The molecule has 1 aromatic heterocycles. The average Bonchev–Trinajstić information content (AvgIpc) is 2.94. The van der Waals surface area contributed by atoms with Crippen LogP contribution in [0.5, 0.6) is 0 Å². The van der Waals surface area contributed by atoms with Crippen LogP contribution >= 0.6 is 0 Å². The Morgan fingerprint density at radius 3 is 2.86 bits per heavy atom. The average molecular weight is 286 g/mol. The van der Waals surface area contributed by atoms with Crippen molar-refractivity contribution in [3.05, 3.63) is 45.6 Å². The number of nitrogen functional groups attached to an aromatic ring is 1. The fourth-order valence-corrected chi connectivity index (χ4v) is 2.46. The molecule has 0 saturated carbocycles. The summed E-state index contributed by atoms with van der Waals surface area (Å²) in [6.07, 6.45) is 4.39. The Morgan fingerprint density at radius 1 is 1.29 bits per heavy atom. The van der Waals surface area contributed by atoms with Crippen LogP contribution in [-0.2, 0) is 12.8 Å². The fraction of sp³-hybridized carbons (Fsp3) is 0.231. The van der Waals surface area contributed by atoms with Gasteiger partial charge in [-0.05, 0) is 42.5 Å². The molecule has 0 aliphatic heterocycles. The summed E-state index contributed by atoms with van der Waals surface area (Å²) < 4.78 is 0. The Morgan fingerprint density at radius 2 is 2.10 bits per heavy atom. The lowest BCUT2D eigenvalue weighted by Crippen LogP contribution is -2.12. The van der Waals surface area contributed by atoms with Crippen LogP contribution < -0.4 is 16.6 Å². The Hall–Kier alpha value is -2.74. The van der Waals surface area contributed by atoms with Gasteiger partial charge in [0.25, 0.3) is 0 Å². The lowest BCUT2D eigenvalue weighted by atomic mass is 10.1. The maximum Gasteiger partial charge on any atom is 0.329 e. The number of anilines is 3. The minimum Gasteiger partial charge on any atom is -0.334 e. The lowest BCUT2D eigenvalue weighted by Gasteiger charge is -2.09. The van der Waals surface area contributed by atoms with E-state index in [0.29, 0.717) is 0 Å². The van der Waals surface area contributed by atoms with Gasteiger partial charge in [0.15, 0.2) is 0 Å². The molecule has 0 radical (unpaired) electrons. The lowest BCUT2D eigenvalue weighted by molar-refractivity contribution is -0.384. The van der Waals surface area contributed by atoms with Crippen molar-refractivity contribution >= 4 is 23.1 Å². The first-order valence-corrected chi connectivity index (χ1v) is 6.54. The van der Waals surface area contributed by atoms with Crippen LogP contribution in [0.2, 0.25) is 0 Å². The molecular formula is C13H14N6O2. The highest BCUT2D eigenvalue weighted by Gasteiger charge is 2.18. The molecule has 4 N–H and O–H groups in total. The van der Waals surface area contributed by atoms with Gasteiger partial charge in [-0.3, -0.25) is 15.5 Å². The van der Waals surface area contributed by atoms with Crippen LogP contribution in [0.4, 0.5) is 23.1 Å². The van der Waals surface area contributed by atoms with Crippen molar-refractivity contribution < 1.29 is 4.92 Å². The summed E-state index contributed by atoms with van der Waals surface area (Å²) in [5.41, 5.74) is 5.45. The number of fused-ring (bicyclic) bond motifs is 1. The highest BCUT2D eigenvalue weighted by atomic mass is 16.6. The zero-order valence-corrected chi connectivity index (χ0v) is 11.2. The zero-order chi connectivity index (χ0) is 14.8. The number of nitrogens with two attached hydrogens (primary N) is 1. The van der Waals surface area contributed by atoms with E-state index in [1.165, 1.54) is 11.1 Å². The van der Waals surface area contributed by atoms with Gasteiger partial charge in [0, 0.05) is 5.69 Å². The zero-order valence-electron chi connectivity index (χ0n) is 11.2. The van der Waals surface area contributed by atoms with Crippen LogP contribution in [-0.4, -0.2) is 14.9 Å². The van der Waals surface area contributed by atoms with E-state index in [2.05, 4.69) is 20.7 Å². The number of rotatable bonds is 4. The third-order valence-corrected chi connectivity index (χ3v) is 3.46. The van der Waals surface area contributed by atoms with Crippen molar-refractivity contribution in [3.63, 3.8) is 0 Å². The Labute approximate surface area is 120 Å². The normalized spacial score (nSPS) is 12.8. The van der Waals surface area contributed by atoms with E-state index >= 15 is 0 Å². The summed E-state index contributed by atoms with van der Waals surface area (Å²) in [6, 6.07) is 5.94. The SMILES string of the molecule is NNc1ncc([N+](=O)[O-])c(Nc2ccc3c(c2)CCC3)n1. The molecule has 0 atom stereocenters. The molecular weight excluding hydrogens is 272 g/mol. The molecule has 3 rings (SSSR count). The number of benzene rings is 1. The third kappa shape index (κ3) is 2.61.